The van der Waals surface area contributed by atoms with Crippen LogP contribution in [0.3, 0.4) is 0 Å². The fourth-order valence-electron chi connectivity index (χ4n) is 1.32. The third-order valence-electron chi connectivity index (χ3n) is 2.45. The molecule has 0 saturated heterocycles. The van der Waals surface area contributed by atoms with Gasteiger partial charge < -0.3 is 0 Å². The predicted molar refractivity (Wildman–Crippen MR) is 70.1 cm³/mol. The van der Waals surface area contributed by atoms with Crippen molar-refractivity contribution in [3.05, 3.63) is 29.3 Å². The van der Waals surface area contributed by atoms with Gasteiger partial charge in [0.15, 0.2) is 0 Å². The van der Waals surface area contributed by atoms with Crippen LogP contribution in [0.4, 0.5) is 0 Å². The lowest BCUT2D eigenvalue weighted by Crippen LogP contribution is -2.06. The summed E-state index contributed by atoms with van der Waals surface area (Å²) in [6, 6.07) is 5.10. The number of hydrogen-bond donors (Lipinski definition) is 0. The Kier molecular flexibility index (Phi) is 4.22. The Morgan fingerprint density at radius 3 is 2.18 bits per heavy atom. The van der Waals surface area contributed by atoms with E-state index >= 15 is 0 Å². The number of halogens is 1. The van der Waals surface area contributed by atoms with Crippen LogP contribution in [-0.2, 0) is 19.0 Å². The van der Waals surface area contributed by atoms with E-state index in [0.29, 0.717) is 4.90 Å². The molecule has 1 atom stereocenters. The van der Waals surface area contributed by atoms with Crippen molar-refractivity contribution in [3.63, 3.8) is 0 Å². The molecular formula is C10H14ClNO3S2. The summed E-state index contributed by atoms with van der Waals surface area (Å²) < 4.78 is 37.6. The second-order valence-electron chi connectivity index (χ2n) is 3.66. The molecule has 96 valence electrons. The molecule has 0 saturated carbocycles. The van der Waals surface area contributed by atoms with Gasteiger partial charge in [-0.1, -0.05) is 16.8 Å². The molecule has 0 radical (unpaired) electrons. The van der Waals surface area contributed by atoms with Gasteiger partial charge in [-0.3, -0.25) is 0 Å². The zero-order valence-electron chi connectivity index (χ0n) is 9.81. The third-order valence-corrected chi connectivity index (χ3v) is 6.40. The van der Waals surface area contributed by atoms with Crippen LogP contribution >= 0.6 is 10.7 Å². The number of rotatable bonds is 3. The molecule has 1 aromatic carbocycles. The van der Waals surface area contributed by atoms with Crippen molar-refractivity contribution >= 4 is 29.6 Å². The van der Waals surface area contributed by atoms with Crippen LogP contribution in [-0.4, -0.2) is 18.4 Å². The van der Waals surface area contributed by atoms with Crippen LogP contribution in [0.2, 0.25) is 0 Å². The van der Waals surface area contributed by atoms with E-state index in [1.807, 2.05) is 13.8 Å². The molecule has 0 amide bonds. The minimum Gasteiger partial charge on any atom is -0.244 e. The highest BCUT2D eigenvalue weighted by molar-refractivity contribution is 8.17. The summed E-state index contributed by atoms with van der Waals surface area (Å²) in [4.78, 5) is 0.396. The number of aryl methyl sites for hydroxylation is 2. The monoisotopic (exact) mass is 295 g/mol. The molecule has 1 aromatic rings. The fourth-order valence-corrected chi connectivity index (χ4v) is 5.03. The fraction of sp³-hybridized carbons (Fsp3) is 0.400. The molecule has 0 aliphatic heterocycles. The third kappa shape index (κ3) is 3.69. The van der Waals surface area contributed by atoms with Crippen molar-refractivity contribution in [2.45, 2.75) is 25.7 Å². The van der Waals surface area contributed by atoms with Crippen molar-refractivity contribution in [1.82, 2.24) is 0 Å². The quantitative estimate of drug-likeness (QED) is 0.805. The molecule has 0 aliphatic carbocycles. The summed E-state index contributed by atoms with van der Waals surface area (Å²) >= 11 is 0. The average Bonchev–Trinajstić information content (AvgIpc) is 2.19. The van der Waals surface area contributed by atoms with Crippen LogP contribution in [0.1, 0.15) is 18.1 Å². The van der Waals surface area contributed by atoms with Crippen LogP contribution in [0.15, 0.2) is 26.9 Å². The Morgan fingerprint density at radius 2 is 1.76 bits per heavy atom. The normalized spacial score (nSPS) is 15.3. The van der Waals surface area contributed by atoms with Gasteiger partial charge in [-0.15, -0.1) is 0 Å². The minimum atomic E-state index is -4.14. The molecule has 0 unspecified atom stereocenters. The Labute approximate surface area is 107 Å². The van der Waals surface area contributed by atoms with Gasteiger partial charge in [-0.05, 0) is 37.1 Å². The van der Waals surface area contributed by atoms with Crippen LogP contribution in [0.25, 0.3) is 0 Å². The van der Waals surface area contributed by atoms with Gasteiger partial charge in [-0.25, -0.2) is 4.21 Å². The highest BCUT2D eigenvalue weighted by Crippen LogP contribution is 2.20. The standard InChI is InChI=1S/C10H14ClNO3S2/c1-4-16(13,12-17(11,14)15)10-6-5-8(2)9(3)7-10/h5-7H,4H2,1-3H3/t16-/m0/s1. The zero-order valence-corrected chi connectivity index (χ0v) is 12.2. The Balaban J connectivity index is 3.53. The highest BCUT2D eigenvalue weighted by atomic mass is 35.7. The van der Waals surface area contributed by atoms with E-state index in [1.54, 1.807) is 25.1 Å². The van der Waals surface area contributed by atoms with E-state index in [4.69, 9.17) is 10.7 Å². The van der Waals surface area contributed by atoms with E-state index in [2.05, 4.69) is 3.77 Å². The first-order valence-electron chi connectivity index (χ1n) is 4.96. The van der Waals surface area contributed by atoms with Crippen molar-refractivity contribution in [2.75, 3.05) is 5.75 Å². The maximum atomic E-state index is 12.4. The predicted octanol–water partition coefficient (Wildman–Crippen LogP) is 2.63. The van der Waals surface area contributed by atoms with Gasteiger partial charge in [0.25, 0.3) is 0 Å². The first-order chi connectivity index (χ1) is 7.68. The van der Waals surface area contributed by atoms with Crippen LogP contribution in [0, 0.1) is 13.8 Å². The smallest absolute Gasteiger partial charge is 0.244 e. The Bertz CT molecular complexity index is 644. The maximum absolute atomic E-state index is 12.4. The van der Waals surface area contributed by atoms with Gasteiger partial charge in [0.2, 0.25) is 0 Å². The average molecular weight is 296 g/mol. The Hall–Kier alpha value is -0.590. The first kappa shape index (κ1) is 14.5. The van der Waals surface area contributed by atoms with E-state index in [0.717, 1.165) is 11.1 Å². The van der Waals surface area contributed by atoms with E-state index < -0.39 is 19.0 Å². The molecule has 17 heavy (non-hydrogen) atoms. The van der Waals surface area contributed by atoms with Gasteiger partial charge in [0.05, 0.1) is 9.73 Å². The zero-order chi connectivity index (χ0) is 13.3. The van der Waals surface area contributed by atoms with E-state index in [1.165, 1.54) is 0 Å². The lowest BCUT2D eigenvalue weighted by atomic mass is 10.1. The maximum Gasteiger partial charge on any atom is 0.347 e. The number of hydrogen-bond acceptors (Lipinski definition) is 3. The molecule has 0 aromatic heterocycles. The molecule has 7 heteroatoms. The summed E-state index contributed by atoms with van der Waals surface area (Å²) in [5.41, 5.74) is 1.98. The Morgan fingerprint density at radius 1 is 1.18 bits per heavy atom. The SMILES string of the molecule is CC[S@@](=O)(=NS(=O)(=O)Cl)c1ccc(C)c(C)c1. The lowest BCUT2D eigenvalue weighted by molar-refractivity contribution is 0.611. The molecule has 0 aliphatic rings. The van der Waals surface area contributed by atoms with Gasteiger partial charge in [0.1, 0.15) is 0 Å². The summed E-state index contributed by atoms with van der Waals surface area (Å²) in [5, 5.41) is 0. The molecule has 0 bridgehead atoms. The number of benzene rings is 1. The van der Waals surface area contributed by atoms with Gasteiger partial charge in [0, 0.05) is 21.3 Å². The molecule has 0 N–H and O–H groups in total. The summed E-state index contributed by atoms with van der Waals surface area (Å²) in [7, 11) is -2.10. The molecule has 1 rings (SSSR count). The molecule has 0 heterocycles. The van der Waals surface area contributed by atoms with Crippen molar-refractivity contribution < 1.29 is 12.6 Å². The second-order valence-corrected chi connectivity index (χ2v) is 8.58. The summed E-state index contributed by atoms with van der Waals surface area (Å²) in [6.07, 6.45) is 0. The highest BCUT2D eigenvalue weighted by Gasteiger charge is 2.15. The second kappa shape index (κ2) is 4.96. The number of nitrogens with zero attached hydrogens (tertiary/aromatic N) is 1. The minimum absolute atomic E-state index is 0.0987. The summed E-state index contributed by atoms with van der Waals surface area (Å²) in [5.74, 6) is 0.0987. The topological polar surface area (TPSA) is 63.6 Å². The molecular weight excluding hydrogens is 282 g/mol. The molecule has 4 nitrogen and oxygen atoms in total. The van der Waals surface area contributed by atoms with E-state index in [9.17, 15) is 12.6 Å². The first-order valence-corrected chi connectivity index (χ1v) is 8.91. The largest absolute Gasteiger partial charge is 0.347 e. The summed E-state index contributed by atoms with van der Waals surface area (Å²) in [6.45, 7) is 5.40. The molecule has 0 fully saturated rings. The van der Waals surface area contributed by atoms with Gasteiger partial charge in [-0.2, -0.15) is 8.42 Å². The van der Waals surface area contributed by atoms with E-state index in [-0.39, 0.29) is 5.75 Å². The lowest BCUT2D eigenvalue weighted by Gasteiger charge is -2.08. The van der Waals surface area contributed by atoms with Crippen molar-refractivity contribution in [2.24, 2.45) is 3.77 Å². The molecule has 0 spiro atoms. The van der Waals surface area contributed by atoms with Crippen molar-refractivity contribution in [3.8, 4) is 0 Å². The van der Waals surface area contributed by atoms with Crippen LogP contribution in [0.5, 0.6) is 0 Å². The van der Waals surface area contributed by atoms with Gasteiger partial charge >= 0.3 is 9.24 Å². The van der Waals surface area contributed by atoms with Crippen LogP contribution < -0.4 is 0 Å². The van der Waals surface area contributed by atoms with Crippen molar-refractivity contribution in [1.29, 1.82) is 0 Å².